The van der Waals surface area contributed by atoms with Crippen LogP contribution in [0.1, 0.15) is 15.9 Å². The highest BCUT2D eigenvalue weighted by Gasteiger charge is 2.18. The van der Waals surface area contributed by atoms with E-state index in [1.807, 2.05) is 0 Å². The number of carbonyl (C=O) groups excluding carboxylic acids is 1. The Morgan fingerprint density at radius 3 is 2.17 bits per heavy atom. The Hall–Kier alpha value is -4.27. The van der Waals surface area contributed by atoms with Crippen molar-refractivity contribution in [3.8, 4) is 11.5 Å². The van der Waals surface area contributed by atoms with E-state index in [1.165, 1.54) is 36.4 Å². The quantitative estimate of drug-likeness (QED) is 0.325. The number of hydrogen-bond acceptors (Lipinski definition) is 7. The third kappa shape index (κ3) is 4.92. The molecule has 0 radical (unpaired) electrons. The highest BCUT2D eigenvalue weighted by molar-refractivity contribution is 5.89. The minimum atomic E-state index is -0.702. The molecule has 0 unspecified atom stereocenters. The highest BCUT2D eigenvalue weighted by Crippen LogP contribution is 2.32. The molecule has 3 rings (SSSR count). The van der Waals surface area contributed by atoms with Crippen molar-refractivity contribution in [3.63, 3.8) is 0 Å². The SMILES string of the molecule is O=C(OCc1ccc(Oc2ccccc2)c([N+](=O)[O-])c1)c1ccc([N+](=O)[O-])cc1. The van der Waals surface area contributed by atoms with Gasteiger partial charge in [-0.15, -0.1) is 0 Å². The number of hydrogen-bond donors (Lipinski definition) is 0. The predicted molar refractivity (Wildman–Crippen MR) is 102 cm³/mol. The van der Waals surface area contributed by atoms with E-state index in [0.29, 0.717) is 11.3 Å². The average molecular weight is 394 g/mol. The van der Waals surface area contributed by atoms with Crippen molar-refractivity contribution < 1.29 is 24.1 Å². The lowest BCUT2D eigenvalue weighted by Crippen LogP contribution is -2.06. The molecule has 0 aliphatic carbocycles. The van der Waals surface area contributed by atoms with Gasteiger partial charge >= 0.3 is 11.7 Å². The molecular weight excluding hydrogens is 380 g/mol. The summed E-state index contributed by atoms with van der Waals surface area (Å²) in [6.45, 7) is -0.206. The fourth-order valence-corrected chi connectivity index (χ4v) is 2.45. The molecule has 9 heteroatoms. The normalized spacial score (nSPS) is 10.2. The van der Waals surface area contributed by atoms with Crippen molar-refractivity contribution in [2.45, 2.75) is 6.61 Å². The van der Waals surface area contributed by atoms with E-state index in [9.17, 15) is 25.0 Å². The molecule has 0 aliphatic rings. The predicted octanol–water partition coefficient (Wildman–Crippen LogP) is 4.65. The van der Waals surface area contributed by atoms with Gasteiger partial charge in [-0.3, -0.25) is 20.2 Å². The minimum Gasteiger partial charge on any atom is -0.457 e. The lowest BCUT2D eigenvalue weighted by atomic mass is 10.2. The second-order valence-electron chi connectivity index (χ2n) is 5.85. The Labute approximate surface area is 164 Å². The maximum Gasteiger partial charge on any atom is 0.338 e. The number of rotatable bonds is 7. The van der Waals surface area contributed by atoms with Gasteiger partial charge in [0.25, 0.3) is 5.69 Å². The van der Waals surface area contributed by atoms with Crippen LogP contribution in [0, 0.1) is 20.2 Å². The maximum absolute atomic E-state index is 12.1. The number of benzene rings is 3. The van der Waals surface area contributed by atoms with Crippen LogP contribution in [0.5, 0.6) is 11.5 Å². The van der Waals surface area contributed by atoms with Crippen molar-refractivity contribution in [1.82, 2.24) is 0 Å². The van der Waals surface area contributed by atoms with Gasteiger partial charge in [0.15, 0.2) is 0 Å². The summed E-state index contributed by atoms with van der Waals surface area (Å²) in [5.41, 5.74) is 0.116. The van der Waals surface area contributed by atoms with Crippen LogP contribution in [0.4, 0.5) is 11.4 Å². The zero-order valence-electron chi connectivity index (χ0n) is 14.9. The van der Waals surface area contributed by atoms with Crippen molar-refractivity contribution >= 4 is 17.3 Å². The Kier molecular flexibility index (Phi) is 5.79. The molecule has 3 aromatic rings. The molecule has 9 nitrogen and oxygen atoms in total. The number of ether oxygens (including phenoxy) is 2. The minimum absolute atomic E-state index is 0.0617. The van der Waals surface area contributed by atoms with Gasteiger partial charge in [0, 0.05) is 18.2 Å². The summed E-state index contributed by atoms with van der Waals surface area (Å²) < 4.78 is 10.7. The van der Waals surface area contributed by atoms with Gasteiger partial charge in [0.2, 0.25) is 5.75 Å². The van der Waals surface area contributed by atoms with Gasteiger partial charge in [-0.05, 0) is 35.9 Å². The molecule has 0 amide bonds. The van der Waals surface area contributed by atoms with Crippen LogP contribution >= 0.6 is 0 Å². The average Bonchev–Trinajstić information content (AvgIpc) is 2.73. The van der Waals surface area contributed by atoms with Crippen LogP contribution in [-0.2, 0) is 11.3 Å². The summed E-state index contributed by atoms with van der Waals surface area (Å²) in [6.07, 6.45) is 0. The van der Waals surface area contributed by atoms with E-state index in [-0.39, 0.29) is 29.3 Å². The summed E-state index contributed by atoms with van der Waals surface area (Å²) in [5.74, 6) is -0.188. The monoisotopic (exact) mass is 394 g/mol. The Bertz CT molecular complexity index is 1050. The van der Waals surface area contributed by atoms with Crippen molar-refractivity contribution in [1.29, 1.82) is 0 Å². The maximum atomic E-state index is 12.1. The van der Waals surface area contributed by atoms with Gasteiger partial charge in [0.05, 0.1) is 15.4 Å². The molecule has 0 atom stereocenters. The molecule has 146 valence electrons. The van der Waals surface area contributed by atoms with Gasteiger partial charge < -0.3 is 9.47 Å². The van der Waals surface area contributed by atoms with Gasteiger partial charge in [-0.2, -0.15) is 0 Å². The first-order chi connectivity index (χ1) is 13.9. The largest absolute Gasteiger partial charge is 0.457 e. The lowest BCUT2D eigenvalue weighted by molar-refractivity contribution is -0.385. The molecule has 0 saturated heterocycles. The van der Waals surface area contributed by atoms with E-state index in [2.05, 4.69) is 0 Å². The third-order valence-electron chi connectivity index (χ3n) is 3.87. The zero-order valence-corrected chi connectivity index (χ0v) is 14.9. The molecule has 0 spiro atoms. The number of nitro benzene ring substituents is 2. The Morgan fingerprint density at radius 2 is 1.55 bits per heavy atom. The topological polar surface area (TPSA) is 122 Å². The standard InChI is InChI=1S/C20H14N2O7/c23-20(15-7-9-16(10-8-15)21(24)25)28-13-14-6-11-19(18(12-14)22(26)27)29-17-4-2-1-3-5-17/h1-12H,13H2. The lowest BCUT2D eigenvalue weighted by Gasteiger charge is -2.09. The number of para-hydroxylation sites is 1. The number of nitro groups is 2. The van der Waals surface area contributed by atoms with Crippen molar-refractivity contribution in [3.05, 3.63) is 104 Å². The molecule has 0 aromatic heterocycles. The van der Waals surface area contributed by atoms with Gasteiger partial charge in [-0.25, -0.2) is 4.79 Å². The first-order valence-corrected chi connectivity index (χ1v) is 8.36. The van der Waals surface area contributed by atoms with Crippen LogP contribution in [0.3, 0.4) is 0 Å². The van der Waals surface area contributed by atoms with Crippen molar-refractivity contribution in [2.75, 3.05) is 0 Å². The van der Waals surface area contributed by atoms with Crippen LogP contribution in [0.25, 0.3) is 0 Å². The van der Waals surface area contributed by atoms with Crippen LogP contribution < -0.4 is 4.74 Å². The van der Waals surface area contributed by atoms with E-state index in [0.717, 1.165) is 0 Å². The highest BCUT2D eigenvalue weighted by atomic mass is 16.6. The molecule has 29 heavy (non-hydrogen) atoms. The van der Waals surface area contributed by atoms with E-state index in [1.54, 1.807) is 36.4 Å². The van der Waals surface area contributed by atoms with Gasteiger partial charge in [0.1, 0.15) is 12.4 Å². The molecular formula is C20H14N2O7. The van der Waals surface area contributed by atoms with E-state index < -0.39 is 15.8 Å². The number of esters is 1. The number of nitrogens with zero attached hydrogens (tertiary/aromatic N) is 2. The first-order valence-electron chi connectivity index (χ1n) is 8.36. The van der Waals surface area contributed by atoms with E-state index >= 15 is 0 Å². The second kappa shape index (κ2) is 8.61. The third-order valence-corrected chi connectivity index (χ3v) is 3.87. The molecule has 3 aromatic carbocycles. The summed E-state index contributed by atoms with van der Waals surface area (Å²) in [6, 6.07) is 17.8. The molecule has 0 heterocycles. The first kappa shape index (κ1) is 19.5. The van der Waals surface area contributed by atoms with Gasteiger partial charge in [-0.1, -0.05) is 24.3 Å². The molecule has 0 fully saturated rings. The number of non-ortho nitro benzene ring substituents is 1. The summed E-state index contributed by atoms with van der Waals surface area (Å²) >= 11 is 0. The fourth-order valence-electron chi connectivity index (χ4n) is 2.45. The Balaban J connectivity index is 1.70. The van der Waals surface area contributed by atoms with Crippen LogP contribution in [-0.4, -0.2) is 15.8 Å². The molecule has 0 saturated carbocycles. The summed E-state index contributed by atoms with van der Waals surface area (Å²) in [7, 11) is 0. The smallest absolute Gasteiger partial charge is 0.338 e. The molecule has 0 bridgehead atoms. The summed E-state index contributed by atoms with van der Waals surface area (Å²) in [4.78, 5) is 32.9. The second-order valence-corrected chi connectivity index (χ2v) is 5.85. The fraction of sp³-hybridized carbons (Fsp3) is 0.0500. The zero-order chi connectivity index (χ0) is 20.8. The van der Waals surface area contributed by atoms with Crippen LogP contribution in [0.15, 0.2) is 72.8 Å². The Morgan fingerprint density at radius 1 is 0.862 bits per heavy atom. The summed E-state index contributed by atoms with van der Waals surface area (Å²) in [5, 5.41) is 22.0. The van der Waals surface area contributed by atoms with E-state index in [4.69, 9.17) is 9.47 Å². The molecule has 0 aliphatic heterocycles. The van der Waals surface area contributed by atoms with Crippen LogP contribution in [0.2, 0.25) is 0 Å². The van der Waals surface area contributed by atoms with Crippen molar-refractivity contribution in [2.24, 2.45) is 0 Å². The number of carbonyl (C=O) groups is 1. The molecule has 0 N–H and O–H groups in total.